The Morgan fingerprint density at radius 1 is 0.257 bits per heavy atom. The van der Waals surface area contributed by atoms with E-state index in [1.807, 2.05) is 67.5 Å². The van der Waals surface area contributed by atoms with E-state index in [0.717, 1.165) is 225 Å². The number of nitrogens with zero attached hydrogens (tertiary/aromatic N) is 4. The van der Waals surface area contributed by atoms with E-state index >= 15 is 17.6 Å². The highest BCUT2D eigenvalue weighted by Gasteiger charge is 2.63. The average Bonchev–Trinajstić information content (AvgIpc) is 1.48. The second kappa shape index (κ2) is 34.5. The first-order valence-corrected chi connectivity index (χ1v) is 58.9. The van der Waals surface area contributed by atoms with Gasteiger partial charge in [-0.05, 0) is 231 Å². The smallest absolute Gasteiger partial charge is 0.399 e. The van der Waals surface area contributed by atoms with Crippen LogP contribution in [0.3, 0.4) is 0 Å². The van der Waals surface area contributed by atoms with E-state index in [0.29, 0.717) is 44.5 Å². The van der Waals surface area contributed by atoms with Crippen LogP contribution in [0.4, 0.5) is 17.6 Å². The molecule has 148 heavy (non-hydrogen) atoms. The number of aromatic nitrogens is 4. The van der Waals surface area contributed by atoms with Crippen molar-refractivity contribution in [2.75, 3.05) is 0 Å². The third-order valence-corrected chi connectivity index (χ3v) is 44.2. The van der Waals surface area contributed by atoms with E-state index in [-0.39, 0.29) is 23.3 Å². The minimum Gasteiger partial charge on any atom is -0.399 e. The second-order valence-electron chi connectivity index (χ2n) is 42.5. The minimum atomic E-state index is -1.19. The minimum absolute atomic E-state index is 0.347. The van der Waals surface area contributed by atoms with Gasteiger partial charge >= 0.3 is 14.2 Å². The van der Waals surface area contributed by atoms with Crippen molar-refractivity contribution in [3.8, 4) is 52.2 Å². The van der Waals surface area contributed by atoms with Gasteiger partial charge in [-0.2, -0.15) is 17.5 Å². The molecule has 6 aliphatic rings. The molecule has 0 atom stereocenters. The first-order valence-electron chi connectivity index (χ1n) is 49.3. The van der Waals surface area contributed by atoms with Crippen molar-refractivity contribution in [1.82, 2.24) is 17.5 Å². The number of halogens is 6. The summed E-state index contributed by atoms with van der Waals surface area (Å²) in [6.07, 6.45) is 0. The van der Waals surface area contributed by atoms with Gasteiger partial charge in [-0.25, -0.2) is 17.6 Å². The van der Waals surface area contributed by atoms with E-state index in [1.165, 1.54) is 28.3 Å². The zero-order valence-corrected chi connectivity index (χ0v) is 95.4. The summed E-state index contributed by atoms with van der Waals surface area (Å²) in [6, 6.07) is 84.7. The molecule has 2 fully saturated rings. The zero-order chi connectivity index (χ0) is 102. The van der Waals surface area contributed by atoms with Gasteiger partial charge in [0.2, 0.25) is 0 Å². The van der Waals surface area contributed by atoms with Crippen LogP contribution in [0.2, 0.25) is 0 Å². The molecule has 8 nitrogen and oxygen atoms in total. The van der Waals surface area contributed by atoms with Crippen LogP contribution in [0.5, 0.6) is 0 Å². The molecule has 2 saturated heterocycles. The first kappa shape index (κ1) is 97.1. The van der Waals surface area contributed by atoms with E-state index in [1.54, 1.807) is 90.7 Å². The molecular formula is C122H94B2Br2F4N4O4S10. The number of benzene rings is 12. The highest BCUT2D eigenvalue weighted by molar-refractivity contribution is 9.11. The summed E-state index contributed by atoms with van der Waals surface area (Å²) in [5.74, 6) is -1.40. The van der Waals surface area contributed by atoms with Crippen molar-refractivity contribution in [2.24, 2.45) is 0 Å². The van der Waals surface area contributed by atoms with Gasteiger partial charge < -0.3 is 18.6 Å². The molecule has 0 radical (unpaired) electrons. The lowest BCUT2D eigenvalue weighted by Crippen LogP contribution is -2.41. The van der Waals surface area contributed by atoms with Crippen LogP contribution in [0.15, 0.2) is 250 Å². The van der Waals surface area contributed by atoms with Gasteiger partial charge in [0.25, 0.3) is 0 Å². The van der Waals surface area contributed by atoms with Crippen LogP contribution in [-0.4, -0.2) is 54.1 Å². The molecule has 0 N–H and O–H groups in total. The average molecular weight is 2260 g/mol. The number of thiophene rings is 8. The molecule has 0 unspecified atom stereocenters. The standard InChI is InChI=1S/C56H38F2N2S5.C48H30Br2F2S4.C18H26B2N2O4S/c1-27-7-16-33(17-8-27)55(34-18-9-28(2)10-19-34)43-41(53-45(55)51-39(63-53)25-32(6)61-51)47(57)44-42(48(43)58)54-46(56(44,35-20-11-29(3)12-21-35)36-22-13-30(4)14-23-36)52-40(64-54)26-38(62-52)37-24-15-31(5)49-50(37)60-65-59-49;1-23-5-13-27(14-6-23)47(28-15-7-24(2)8-16-28)37-35(45-39(47)43-31(53-45)21-33(49)55-43)42(52)38-36(41(37)51)46-40(44-32(54-46)22-34(50)56-44)48(38,29-17-9-25(3)10-18-29)30-19-11-26(4)12-20-30;1-15(2)16(3,4)24-19(23-15)11-9-10-12(14-13(11)21-27-22-14)20-25-17(5,6)18(7,8)26-20/h7-26H,1-6H3;5-22H,1-4H3;9-10H,1-8H3. The Balaban J connectivity index is 0.000000121. The van der Waals surface area contributed by atoms with Gasteiger partial charge in [0.05, 0.1) is 93.9 Å². The van der Waals surface area contributed by atoms with E-state index in [4.69, 9.17) is 23.0 Å². The van der Waals surface area contributed by atoms with Crippen LogP contribution in [0.1, 0.15) is 199 Å². The van der Waals surface area contributed by atoms with Gasteiger partial charge in [0, 0.05) is 131 Å². The lowest BCUT2D eigenvalue weighted by atomic mass is 9.65. The topological polar surface area (TPSA) is 88.5 Å². The van der Waals surface area contributed by atoms with Crippen molar-refractivity contribution >= 4 is 231 Å². The van der Waals surface area contributed by atoms with Gasteiger partial charge in [-0.1, -0.05) is 263 Å². The summed E-state index contributed by atoms with van der Waals surface area (Å²) < 4.78 is 132. The maximum absolute atomic E-state index is 19.7. The predicted molar refractivity (Wildman–Crippen MR) is 623 cm³/mol. The molecule has 0 bridgehead atoms. The number of fused-ring (bicyclic) bond motifs is 22. The molecule has 734 valence electrons. The second-order valence-corrected chi connectivity index (χ2v) is 55.0. The predicted octanol–water partition coefficient (Wildman–Crippen LogP) is 35.1. The maximum Gasteiger partial charge on any atom is 0.497 e. The summed E-state index contributed by atoms with van der Waals surface area (Å²) in [5.41, 5.74) is 24.2. The van der Waals surface area contributed by atoms with Gasteiger partial charge in [0.15, 0.2) is 0 Å². The lowest BCUT2D eigenvalue weighted by molar-refractivity contribution is 0.00578. The third-order valence-electron chi connectivity index (χ3n) is 32.4. The first-order chi connectivity index (χ1) is 70.9. The van der Waals surface area contributed by atoms with Gasteiger partial charge in [-0.15, -0.1) is 90.7 Å². The maximum atomic E-state index is 19.7. The summed E-state index contributed by atoms with van der Waals surface area (Å²) in [4.78, 5) is 5.43. The van der Waals surface area contributed by atoms with Crippen molar-refractivity contribution in [1.29, 1.82) is 0 Å². The molecule has 0 amide bonds. The zero-order valence-electron chi connectivity index (χ0n) is 84.0. The van der Waals surface area contributed by atoms with Crippen molar-refractivity contribution in [3.05, 3.63) is 417 Å². The molecule has 0 spiro atoms. The molecule has 22 aromatic rings. The molecule has 26 heteroatoms. The Morgan fingerprint density at radius 3 is 0.784 bits per heavy atom. The molecule has 28 rings (SSSR count). The normalized spacial score (nSPS) is 16.5. The fourth-order valence-electron chi connectivity index (χ4n) is 23.8. The largest absolute Gasteiger partial charge is 0.497 e. The molecule has 10 aromatic heterocycles. The summed E-state index contributed by atoms with van der Waals surface area (Å²) in [5, 5.41) is 0. The molecule has 12 heterocycles. The summed E-state index contributed by atoms with van der Waals surface area (Å²) >= 11 is 23.0. The number of hydrogen-bond donors (Lipinski definition) is 0. The number of aryl methyl sites for hydroxylation is 10. The Morgan fingerprint density at radius 2 is 0.500 bits per heavy atom. The Hall–Kier alpha value is -10.4. The van der Waals surface area contributed by atoms with E-state index in [9.17, 15) is 0 Å². The van der Waals surface area contributed by atoms with Crippen LogP contribution < -0.4 is 10.9 Å². The summed E-state index contributed by atoms with van der Waals surface area (Å²) in [6.45, 7) is 37.1. The third kappa shape index (κ3) is 13.8. The SMILES string of the molecule is CC1(C)OB(c2ccc(B3OC(C)(C)C(C)(C)O3)c3nsnc23)OC1(C)C.Cc1ccc(C2(c3ccc(C)cc3)c3c(F)c4c(c(F)c3-c3sc5cc(Br)sc5c32)C(c2ccc(C)cc2)(c2ccc(C)cc2)c2c-4sc3cc(Br)sc23)cc1.Cc1ccc(C2(c3ccc(C)cc3)c3c(F)c4c(c(F)c3-c3sc5cc(C)sc5c32)C(c2ccc(C)cc2)(c2ccc(C)cc2)c2c-4sc3cc(-c4ccc(C)c5nsnc45)sc23)cc1. The van der Waals surface area contributed by atoms with Gasteiger partial charge in [0.1, 0.15) is 45.3 Å². The van der Waals surface area contributed by atoms with Crippen molar-refractivity contribution in [3.63, 3.8) is 0 Å². The van der Waals surface area contributed by atoms with Crippen molar-refractivity contribution < 1.29 is 36.2 Å². The molecule has 2 aliphatic heterocycles. The fraction of sp³-hybridized carbons (Fsp3) is 0.213. The Kier molecular flexibility index (Phi) is 22.7. The summed E-state index contributed by atoms with van der Waals surface area (Å²) in [7, 11) is -0.956. The molecule has 0 saturated carbocycles. The van der Waals surface area contributed by atoms with Gasteiger partial charge in [-0.3, -0.25) is 0 Å². The van der Waals surface area contributed by atoms with Crippen LogP contribution in [0, 0.1) is 92.5 Å². The van der Waals surface area contributed by atoms with Crippen LogP contribution in [-0.2, 0) is 40.3 Å². The molecule has 12 aromatic carbocycles. The highest BCUT2D eigenvalue weighted by Crippen LogP contribution is 2.74. The Bertz CT molecular complexity index is 8830. The number of rotatable bonds is 11. The highest BCUT2D eigenvalue weighted by atomic mass is 79.9. The van der Waals surface area contributed by atoms with Crippen molar-refractivity contribution in [2.45, 2.75) is 169 Å². The van der Waals surface area contributed by atoms with Crippen LogP contribution >= 0.6 is 146 Å². The fourth-order valence-corrected chi connectivity index (χ4v) is 37.3. The van der Waals surface area contributed by atoms with E-state index in [2.05, 4.69) is 345 Å². The molecule has 4 aliphatic carbocycles. The Labute approximate surface area is 913 Å². The quantitative estimate of drug-likeness (QED) is 0.0935. The van der Waals surface area contributed by atoms with E-state index < -0.39 is 58.3 Å². The molecular weight excluding hydrogens is 2160 g/mol. The lowest BCUT2D eigenvalue weighted by Gasteiger charge is -2.36. The van der Waals surface area contributed by atoms with Crippen LogP contribution in [0.25, 0.3) is 112 Å². The monoisotopic (exact) mass is 2250 g/mol. The number of hydrogen-bond acceptors (Lipinski definition) is 18.